The maximum atomic E-state index is 11.6. The molecular formula is C20H24N2O2. The summed E-state index contributed by atoms with van der Waals surface area (Å²) >= 11 is 0. The van der Waals surface area contributed by atoms with E-state index >= 15 is 0 Å². The molecule has 0 unspecified atom stereocenters. The molecule has 126 valence electrons. The number of ether oxygens (including phenoxy) is 1. The lowest BCUT2D eigenvalue weighted by Gasteiger charge is -2.11. The smallest absolute Gasteiger partial charge is 0.244 e. The first kappa shape index (κ1) is 17.6. The van der Waals surface area contributed by atoms with Crippen molar-refractivity contribution in [1.82, 2.24) is 5.32 Å². The summed E-state index contributed by atoms with van der Waals surface area (Å²) in [4.78, 5) is 11.6. The molecule has 0 aliphatic heterocycles. The fourth-order valence-corrected chi connectivity index (χ4v) is 2.23. The van der Waals surface area contributed by atoms with E-state index < -0.39 is 0 Å². The third kappa shape index (κ3) is 5.16. The summed E-state index contributed by atoms with van der Waals surface area (Å²) in [6, 6.07) is 13.7. The van der Waals surface area contributed by atoms with Crippen LogP contribution in [0.4, 0.5) is 5.69 Å². The average molecular weight is 324 g/mol. The number of nitrogen functional groups attached to an aromatic ring is 1. The van der Waals surface area contributed by atoms with E-state index in [4.69, 9.17) is 10.5 Å². The molecule has 0 bridgehead atoms. The normalized spacial score (nSPS) is 11.0. The standard InChI is InChI=1S/C20H24N2O2/c1-14(2)22-20(23)11-9-16-8-10-19(18(21)12-16)24-13-17-7-5-4-6-15(17)3/h4-12,14H,13,21H2,1-3H3,(H,22,23)/b11-9-. The van der Waals surface area contributed by atoms with Gasteiger partial charge in [0.1, 0.15) is 12.4 Å². The lowest BCUT2D eigenvalue weighted by atomic mass is 10.1. The maximum Gasteiger partial charge on any atom is 0.244 e. The Morgan fingerprint density at radius 2 is 2.00 bits per heavy atom. The first-order valence-electron chi connectivity index (χ1n) is 8.01. The van der Waals surface area contributed by atoms with E-state index in [0.29, 0.717) is 18.0 Å². The van der Waals surface area contributed by atoms with Crippen LogP contribution >= 0.6 is 0 Å². The average Bonchev–Trinajstić information content (AvgIpc) is 2.53. The Labute approximate surface area is 143 Å². The van der Waals surface area contributed by atoms with E-state index in [0.717, 1.165) is 11.1 Å². The number of rotatable bonds is 6. The molecule has 4 nitrogen and oxygen atoms in total. The molecule has 0 atom stereocenters. The van der Waals surface area contributed by atoms with Gasteiger partial charge >= 0.3 is 0 Å². The van der Waals surface area contributed by atoms with Gasteiger partial charge in [-0.2, -0.15) is 0 Å². The fourth-order valence-electron chi connectivity index (χ4n) is 2.23. The Balaban J connectivity index is 2.00. The van der Waals surface area contributed by atoms with Crippen molar-refractivity contribution in [3.05, 3.63) is 65.2 Å². The first-order chi connectivity index (χ1) is 11.5. The van der Waals surface area contributed by atoms with Gasteiger partial charge in [-0.05, 0) is 55.7 Å². The molecule has 0 heterocycles. The molecule has 4 heteroatoms. The lowest BCUT2D eigenvalue weighted by molar-refractivity contribution is -0.116. The number of nitrogens with two attached hydrogens (primary N) is 1. The van der Waals surface area contributed by atoms with Crippen LogP contribution in [0.25, 0.3) is 6.08 Å². The second-order valence-electron chi connectivity index (χ2n) is 6.01. The van der Waals surface area contributed by atoms with Gasteiger partial charge in [-0.3, -0.25) is 4.79 Å². The van der Waals surface area contributed by atoms with Gasteiger partial charge in [-0.1, -0.05) is 30.3 Å². The molecule has 24 heavy (non-hydrogen) atoms. The molecular weight excluding hydrogens is 300 g/mol. The van der Waals surface area contributed by atoms with Crippen molar-refractivity contribution in [3.63, 3.8) is 0 Å². The van der Waals surface area contributed by atoms with Crippen LogP contribution < -0.4 is 15.8 Å². The van der Waals surface area contributed by atoms with Crippen LogP contribution in [0.15, 0.2) is 48.5 Å². The highest BCUT2D eigenvalue weighted by Gasteiger charge is 2.04. The monoisotopic (exact) mass is 324 g/mol. The highest BCUT2D eigenvalue weighted by Crippen LogP contribution is 2.24. The van der Waals surface area contributed by atoms with Gasteiger partial charge < -0.3 is 15.8 Å². The molecule has 2 aromatic carbocycles. The fraction of sp³-hybridized carbons (Fsp3) is 0.250. The number of carbonyl (C=O) groups excluding carboxylic acids is 1. The van der Waals surface area contributed by atoms with Crippen molar-refractivity contribution < 1.29 is 9.53 Å². The molecule has 3 N–H and O–H groups in total. The number of hydrogen-bond acceptors (Lipinski definition) is 3. The minimum Gasteiger partial charge on any atom is -0.487 e. The molecule has 0 aliphatic carbocycles. The molecule has 0 aliphatic rings. The Kier molecular flexibility index (Phi) is 6.01. The van der Waals surface area contributed by atoms with Crippen molar-refractivity contribution in [2.45, 2.75) is 33.4 Å². The summed E-state index contributed by atoms with van der Waals surface area (Å²) < 4.78 is 5.81. The SMILES string of the molecule is Cc1ccccc1COc1ccc(/C=C\C(=O)NC(C)C)cc1N. The molecule has 2 rings (SSSR count). The number of aryl methyl sites for hydroxylation is 1. The number of anilines is 1. The van der Waals surface area contributed by atoms with E-state index in [-0.39, 0.29) is 11.9 Å². The zero-order chi connectivity index (χ0) is 17.5. The van der Waals surface area contributed by atoms with Gasteiger partial charge in [0.2, 0.25) is 5.91 Å². The summed E-state index contributed by atoms with van der Waals surface area (Å²) in [6.45, 7) is 6.37. The molecule has 0 saturated carbocycles. The minimum atomic E-state index is -0.122. The van der Waals surface area contributed by atoms with Crippen molar-refractivity contribution in [2.24, 2.45) is 0 Å². The number of benzene rings is 2. The number of hydrogen-bond donors (Lipinski definition) is 2. The molecule has 2 aromatic rings. The lowest BCUT2D eigenvalue weighted by Crippen LogP contribution is -2.28. The predicted molar refractivity (Wildman–Crippen MR) is 98.7 cm³/mol. The van der Waals surface area contributed by atoms with Gasteiger partial charge in [0.15, 0.2) is 0 Å². The van der Waals surface area contributed by atoms with Crippen molar-refractivity contribution in [3.8, 4) is 5.75 Å². The predicted octanol–water partition coefficient (Wildman–Crippen LogP) is 3.69. The van der Waals surface area contributed by atoms with Gasteiger partial charge in [0, 0.05) is 12.1 Å². The van der Waals surface area contributed by atoms with Gasteiger partial charge in [0.25, 0.3) is 0 Å². The quantitative estimate of drug-likeness (QED) is 0.629. The van der Waals surface area contributed by atoms with Crippen LogP contribution in [-0.2, 0) is 11.4 Å². The Morgan fingerprint density at radius 3 is 2.67 bits per heavy atom. The molecule has 0 aromatic heterocycles. The zero-order valence-corrected chi connectivity index (χ0v) is 14.4. The highest BCUT2D eigenvalue weighted by molar-refractivity contribution is 5.92. The van der Waals surface area contributed by atoms with Gasteiger partial charge in [0.05, 0.1) is 5.69 Å². The van der Waals surface area contributed by atoms with E-state index in [1.807, 2.05) is 44.2 Å². The third-order valence-corrected chi connectivity index (χ3v) is 3.54. The summed E-state index contributed by atoms with van der Waals surface area (Å²) in [7, 11) is 0. The van der Waals surface area contributed by atoms with Crippen molar-refractivity contribution in [1.29, 1.82) is 0 Å². The third-order valence-electron chi connectivity index (χ3n) is 3.54. The molecule has 1 amide bonds. The maximum absolute atomic E-state index is 11.6. The molecule has 0 spiro atoms. The summed E-state index contributed by atoms with van der Waals surface area (Å²) in [5.74, 6) is 0.519. The van der Waals surface area contributed by atoms with Crippen LogP contribution in [0, 0.1) is 6.92 Å². The number of nitrogens with one attached hydrogen (secondary N) is 1. The molecule has 0 radical (unpaired) electrons. The number of carbonyl (C=O) groups is 1. The summed E-state index contributed by atoms with van der Waals surface area (Å²) in [5, 5.41) is 2.80. The Hall–Kier alpha value is -2.75. The Bertz CT molecular complexity index is 736. The van der Waals surface area contributed by atoms with Crippen molar-refractivity contribution in [2.75, 3.05) is 5.73 Å². The van der Waals surface area contributed by atoms with Crippen LogP contribution in [0.2, 0.25) is 0 Å². The van der Waals surface area contributed by atoms with Crippen LogP contribution in [-0.4, -0.2) is 11.9 Å². The zero-order valence-electron chi connectivity index (χ0n) is 14.4. The van der Waals surface area contributed by atoms with Gasteiger partial charge in [-0.25, -0.2) is 0 Å². The Morgan fingerprint density at radius 1 is 1.25 bits per heavy atom. The molecule has 0 saturated heterocycles. The van der Waals surface area contributed by atoms with Gasteiger partial charge in [-0.15, -0.1) is 0 Å². The summed E-state index contributed by atoms with van der Waals surface area (Å²) in [5.41, 5.74) is 9.78. The first-order valence-corrected chi connectivity index (χ1v) is 8.01. The highest BCUT2D eigenvalue weighted by atomic mass is 16.5. The second kappa shape index (κ2) is 8.20. The largest absolute Gasteiger partial charge is 0.487 e. The molecule has 0 fully saturated rings. The second-order valence-corrected chi connectivity index (χ2v) is 6.01. The topological polar surface area (TPSA) is 64.3 Å². The van der Waals surface area contributed by atoms with Crippen LogP contribution in [0.5, 0.6) is 5.75 Å². The van der Waals surface area contributed by atoms with E-state index in [1.54, 1.807) is 12.1 Å². The van der Waals surface area contributed by atoms with E-state index in [9.17, 15) is 4.79 Å². The minimum absolute atomic E-state index is 0.115. The summed E-state index contributed by atoms with van der Waals surface area (Å²) in [6.07, 6.45) is 3.24. The van der Waals surface area contributed by atoms with Crippen molar-refractivity contribution >= 4 is 17.7 Å². The van der Waals surface area contributed by atoms with Crippen LogP contribution in [0.3, 0.4) is 0 Å². The van der Waals surface area contributed by atoms with E-state index in [2.05, 4.69) is 18.3 Å². The van der Waals surface area contributed by atoms with Crippen LogP contribution in [0.1, 0.15) is 30.5 Å². The number of amides is 1. The van der Waals surface area contributed by atoms with E-state index in [1.165, 1.54) is 11.6 Å².